The average molecular weight is 226 g/mol. The van der Waals surface area contributed by atoms with Crippen molar-refractivity contribution >= 4 is 0 Å². The van der Waals surface area contributed by atoms with Crippen LogP contribution in [-0.4, -0.2) is 49.3 Å². The standard InChI is InChI=1S/C13H26N2O/c1-13(2)10-12(6-9-16-13)14-11-4-7-15(3)8-5-11/h11-12,14H,4-10H2,1-3H3. The molecule has 0 aliphatic carbocycles. The molecule has 2 heterocycles. The number of ether oxygens (including phenoxy) is 1. The van der Waals surface area contributed by atoms with E-state index in [4.69, 9.17) is 4.74 Å². The number of likely N-dealkylation sites (tertiary alicyclic amines) is 1. The molecule has 0 saturated carbocycles. The fourth-order valence-electron chi connectivity index (χ4n) is 2.88. The predicted molar refractivity (Wildman–Crippen MR) is 66.7 cm³/mol. The molecule has 1 atom stereocenters. The smallest absolute Gasteiger partial charge is 0.0641 e. The van der Waals surface area contributed by atoms with Crippen molar-refractivity contribution in [2.45, 2.75) is 57.2 Å². The Morgan fingerprint density at radius 3 is 2.44 bits per heavy atom. The van der Waals surface area contributed by atoms with Crippen LogP contribution in [0.2, 0.25) is 0 Å². The van der Waals surface area contributed by atoms with Crippen LogP contribution in [0.1, 0.15) is 39.5 Å². The first kappa shape index (κ1) is 12.3. The number of piperidine rings is 1. The molecule has 0 amide bonds. The van der Waals surface area contributed by atoms with Crippen molar-refractivity contribution in [2.75, 3.05) is 26.7 Å². The molecule has 0 spiro atoms. The van der Waals surface area contributed by atoms with Crippen LogP contribution in [0.3, 0.4) is 0 Å². The molecule has 2 fully saturated rings. The van der Waals surface area contributed by atoms with Crippen LogP contribution in [0, 0.1) is 0 Å². The van der Waals surface area contributed by atoms with E-state index in [2.05, 4.69) is 31.1 Å². The molecule has 2 rings (SSSR count). The molecule has 1 N–H and O–H groups in total. The maximum atomic E-state index is 5.75. The summed E-state index contributed by atoms with van der Waals surface area (Å²) in [6, 6.07) is 1.40. The van der Waals surface area contributed by atoms with Crippen LogP contribution in [0.4, 0.5) is 0 Å². The molecule has 3 heteroatoms. The summed E-state index contributed by atoms with van der Waals surface area (Å²) >= 11 is 0. The van der Waals surface area contributed by atoms with Crippen LogP contribution in [0.15, 0.2) is 0 Å². The molecule has 0 aromatic rings. The molecular weight excluding hydrogens is 200 g/mol. The minimum absolute atomic E-state index is 0.0708. The maximum Gasteiger partial charge on any atom is 0.0641 e. The summed E-state index contributed by atoms with van der Waals surface area (Å²) in [5.74, 6) is 0. The molecule has 0 radical (unpaired) electrons. The molecule has 2 aliphatic rings. The van der Waals surface area contributed by atoms with Gasteiger partial charge >= 0.3 is 0 Å². The van der Waals surface area contributed by atoms with Crippen LogP contribution in [0.25, 0.3) is 0 Å². The first-order chi connectivity index (χ1) is 7.55. The lowest BCUT2D eigenvalue weighted by atomic mass is 9.92. The average Bonchev–Trinajstić information content (AvgIpc) is 2.20. The second kappa shape index (κ2) is 5.03. The Morgan fingerprint density at radius 2 is 1.81 bits per heavy atom. The van der Waals surface area contributed by atoms with E-state index in [1.165, 1.54) is 32.4 Å². The third kappa shape index (κ3) is 3.44. The normalized spacial score (nSPS) is 32.8. The molecule has 2 aliphatic heterocycles. The number of nitrogens with zero attached hydrogens (tertiary/aromatic N) is 1. The Bertz CT molecular complexity index is 222. The molecule has 1 unspecified atom stereocenters. The van der Waals surface area contributed by atoms with Gasteiger partial charge in [0.15, 0.2) is 0 Å². The maximum absolute atomic E-state index is 5.75. The second-order valence-electron chi connectivity index (χ2n) is 6.04. The second-order valence-corrected chi connectivity index (χ2v) is 6.04. The van der Waals surface area contributed by atoms with E-state index in [0.29, 0.717) is 6.04 Å². The molecule has 94 valence electrons. The summed E-state index contributed by atoms with van der Waals surface area (Å²) in [6.45, 7) is 7.80. The monoisotopic (exact) mass is 226 g/mol. The summed E-state index contributed by atoms with van der Waals surface area (Å²) in [5, 5.41) is 3.83. The Balaban J connectivity index is 1.76. The highest BCUT2D eigenvalue weighted by Crippen LogP contribution is 2.25. The van der Waals surface area contributed by atoms with E-state index in [1.54, 1.807) is 0 Å². The van der Waals surface area contributed by atoms with E-state index in [-0.39, 0.29) is 5.60 Å². The Morgan fingerprint density at radius 1 is 1.12 bits per heavy atom. The fraction of sp³-hybridized carbons (Fsp3) is 1.00. The third-order valence-corrected chi connectivity index (χ3v) is 3.89. The van der Waals surface area contributed by atoms with Crippen LogP contribution in [-0.2, 0) is 4.74 Å². The summed E-state index contributed by atoms with van der Waals surface area (Å²) < 4.78 is 5.75. The van der Waals surface area contributed by atoms with Gasteiger partial charge in [0.25, 0.3) is 0 Å². The van der Waals surface area contributed by atoms with Crippen LogP contribution < -0.4 is 5.32 Å². The SMILES string of the molecule is CN1CCC(NC2CCOC(C)(C)C2)CC1. The van der Waals surface area contributed by atoms with Crippen molar-refractivity contribution in [1.29, 1.82) is 0 Å². The van der Waals surface area contributed by atoms with Crippen LogP contribution in [0.5, 0.6) is 0 Å². The molecule has 2 saturated heterocycles. The van der Waals surface area contributed by atoms with E-state index < -0.39 is 0 Å². The van der Waals surface area contributed by atoms with Crippen molar-refractivity contribution < 1.29 is 4.74 Å². The van der Waals surface area contributed by atoms with Gasteiger partial charge in [-0.3, -0.25) is 0 Å². The highest BCUT2D eigenvalue weighted by atomic mass is 16.5. The quantitative estimate of drug-likeness (QED) is 0.774. The van der Waals surface area contributed by atoms with Gasteiger partial charge in [-0.2, -0.15) is 0 Å². The Hall–Kier alpha value is -0.120. The van der Waals surface area contributed by atoms with Gasteiger partial charge in [0.1, 0.15) is 0 Å². The first-order valence-electron chi connectivity index (χ1n) is 6.64. The summed E-state index contributed by atoms with van der Waals surface area (Å²) in [4.78, 5) is 2.42. The zero-order chi connectivity index (χ0) is 11.6. The fourth-order valence-corrected chi connectivity index (χ4v) is 2.88. The van der Waals surface area contributed by atoms with Crippen molar-refractivity contribution in [1.82, 2.24) is 10.2 Å². The number of nitrogens with one attached hydrogen (secondary N) is 1. The lowest BCUT2D eigenvalue weighted by molar-refractivity contribution is -0.0648. The van der Waals surface area contributed by atoms with Crippen molar-refractivity contribution in [3.63, 3.8) is 0 Å². The predicted octanol–water partition coefficient (Wildman–Crippen LogP) is 1.63. The van der Waals surface area contributed by atoms with Gasteiger partial charge in [-0.15, -0.1) is 0 Å². The Labute approximate surface area is 99.5 Å². The van der Waals surface area contributed by atoms with E-state index >= 15 is 0 Å². The van der Waals surface area contributed by atoms with Crippen molar-refractivity contribution in [2.24, 2.45) is 0 Å². The molecule has 0 aromatic heterocycles. The van der Waals surface area contributed by atoms with Gasteiger partial charge < -0.3 is 15.0 Å². The first-order valence-corrected chi connectivity index (χ1v) is 6.64. The van der Waals surface area contributed by atoms with Gasteiger partial charge in [-0.1, -0.05) is 0 Å². The Kier molecular flexibility index (Phi) is 3.88. The van der Waals surface area contributed by atoms with Gasteiger partial charge in [0, 0.05) is 18.7 Å². The summed E-state index contributed by atoms with van der Waals surface area (Å²) in [6.07, 6.45) is 4.93. The summed E-state index contributed by atoms with van der Waals surface area (Å²) in [7, 11) is 2.22. The molecular formula is C13H26N2O. The minimum Gasteiger partial charge on any atom is -0.375 e. The largest absolute Gasteiger partial charge is 0.375 e. The number of rotatable bonds is 2. The topological polar surface area (TPSA) is 24.5 Å². The molecule has 3 nitrogen and oxygen atoms in total. The van der Waals surface area contributed by atoms with E-state index in [1.807, 2.05) is 0 Å². The lowest BCUT2D eigenvalue weighted by Crippen LogP contribution is -2.50. The van der Waals surface area contributed by atoms with Gasteiger partial charge in [-0.25, -0.2) is 0 Å². The highest BCUT2D eigenvalue weighted by molar-refractivity contribution is 4.86. The zero-order valence-electron chi connectivity index (χ0n) is 11.0. The van der Waals surface area contributed by atoms with E-state index in [0.717, 1.165) is 19.1 Å². The summed E-state index contributed by atoms with van der Waals surface area (Å²) in [5.41, 5.74) is 0.0708. The highest BCUT2D eigenvalue weighted by Gasteiger charge is 2.30. The van der Waals surface area contributed by atoms with Gasteiger partial charge in [0.05, 0.1) is 5.60 Å². The zero-order valence-corrected chi connectivity index (χ0v) is 11.0. The molecule has 16 heavy (non-hydrogen) atoms. The van der Waals surface area contributed by atoms with Crippen molar-refractivity contribution in [3.8, 4) is 0 Å². The van der Waals surface area contributed by atoms with Crippen LogP contribution >= 0.6 is 0 Å². The lowest BCUT2D eigenvalue weighted by Gasteiger charge is -2.39. The number of hydrogen-bond acceptors (Lipinski definition) is 3. The number of hydrogen-bond donors (Lipinski definition) is 1. The van der Waals surface area contributed by atoms with Gasteiger partial charge in [0.2, 0.25) is 0 Å². The van der Waals surface area contributed by atoms with E-state index in [9.17, 15) is 0 Å². The molecule has 0 aromatic carbocycles. The van der Waals surface area contributed by atoms with Gasteiger partial charge in [-0.05, 0) is 59.7 Å². The molecule has 0 bridgehead atoms. The third-order valence-electron chi connectivity index (χ3n) is 3.89. The minimum atomic E-state index is 0.0708. The van der Waals surface area contributed by atoms with Crippen molar-refractivity contribution in [3.05, 3.63) is 0 Å².